The van der Waals surface area contributed by atoms with Gasteiger partial charge in [0.2, 0.25) is 0 Å². The molecule has 1 saturated heterocycles. The van der Waals surface area contributed by atoms with Crippen LogP contribution in [0.2, 0.25) is 0 Å². The lowest BCUT2D eigenvalue weighted by Gasteiger charge is -2.32. The van der Waals surface area contributed by atoms with Gasteiger partial charge in [-0.3, -0.25) is 4.79 Å². The van der Waals surface area contributed by atoms with E-state index in [9.17, 15) is 9.59 Å². The van der Waals surface area contributed by atoms with Gasteiger partial charge in [0.1, 0.15) is 5.69 Å². The first-order valence-electron chi connectivity index (χ1n) is 8.39. The SMILES string of the molecule is CC(C)c1csc(C2CCCN(C(=O)c3ccnc(C(=O)O)c3)C2)n1. The maximum Gasteiger partial charge on any atom is 0.354 e. The van der Waals surface area contributed by atoms with Crippen molar-refractivity contribution in [3.05, 3.63) is 45.7 Å². The fourth-order valence-electron chi connectivity index (χ4n) is 2.98. The zero-order valence-electron chi connectivity index (χ0n) is 14.3. The number of carbonyl (C=O) groups is 2. The van der Waals surface area contributed by atoms with Crippen LogP contribution in [-0.2, 0) is 0 Å². The highest BCUT2D eigenvalue weighted by atomic mass is 32.1. The number of nitrogens with zero attached hydrogens (tertiary/aromatic N) is 3. The molecule has 1 aliphatic rings. The minimum atomic E-state index is -1.13. The van der Waals surface area contributed by atoms with E-state index in [-0.39, 0.29) is 17.5 Å². The van der Waals surface area contributed by atoms with Crippen molar-refractivity contribution in [2.45, 2.75) is 38.5 Å². The van der Waals surface area contributed by atoms with Gasteiger partial charge in [-0.15, -0.1) is 11.3 Å². The summed E-state index contributed by atoms with van der Waals surface area (Å²) in [5.41, 5.74) is 1.36. The van der Waals surface area contributed by atoms with Crippen LogP contribution < -0.4 is 0 Å². The summed E-state index contributed by atoms with van der Waals surface area (Å²) in [5, 5.41) is 12.2. The Hall–Kier alpha value is -2.28. The molecule has 6 nitrogen and oxygen atoms in total. The Balaban J connectivity index is 1.75. The van der Waals surface area contributed by atoms with E-state index >= 15 is 0 Å². The molecular formula is C18H21N3O3S. The number of hydrogen-bond acceptors (Lipinski definition) is 5. The average molecular weight is 359 g/mol. The van der Waals surface area contributed by atoms with Crippen LogP contribution in [0, 0.1) is 0 Å². The van der Waals surface area contributed by atoms with Crippen LogP contribution in [-0.4, -0.2) is 44.9 Å². The molecule has 132 valence electrons. The minimum absolute atomic E-state index is 0.110. The maximum absolute atomic E-state index is 12.8. The predicted octanol–water partition coefficient (Wildman–Crippen LogP) is 3.38. The summed E-state index contributed by atoms with van der Waals surface area (Å²) in [6.45, 7) is 5.55. The first kappa shape index (κ1) is 17.5. The van der Waals surface area contributed by atoms with Crippen LogP contribution in [0.25, 0.3) is 0 Å². The predicted molar refractivity (Wildman–Crippen MR) is 95.3 cm³/mol. The second-order valence-corrected chi connectivity index (χ2v) is 7.48. The summed E-state index contributed by atoms with van der Waals surface area (Å²) in [7, 11) is 0. The normalized spacial score (nSPS) is 17.7. The average Bonchev–Trinajstić information content (AvgIpc) is 3.12. The van der Waals surface area contributed by atoms with Gasteiger partial charge in [-0.2, -0.15) is 0 Å². The molecular weight excluding hydrogens is 338 g/mol. The Labute approximate surface area is 150 Å². The lowest BCUT2D eigenvalue weighted by atomic mass is 9.98. The van der Waals surface area contributed by atoms with Crippen molar-refractivity contribution in [1.29, 1.82) is 0 Å². The molecule has 1 N–H and O–H groups in total. The lowest BCUT2D eigenvalue weighted by Crippen LogP contribution is -2.39. The van der Waals surface area contributed by atoms with E-state index in [4.69, 9.17) is 10.1 Å². The quantitative estimate of drug-likeness (QED) is 0.905. The van der Waals surface area contributed by atoms with Crippen molar-refractivity contribution in [2.24, 2.45) is 0 Å². The van der Waals surface area contributed by atoms with Crippen LogP contribution in [0.15, 0.2) is 23.7 Å². The number of likely N-dealkylation sites (tertiary alicyclic amines) is 1. The van der Waals surface area contributed by atoms with Crippen molar-refractivity contribution in [3.8, 4) is 0 Å². The third kappa shape index (κ3) is 3.87. The molecule has 1 aliphatic heterocycles. The van der Waals surface area contributed by atoms with Gasteiger partial charge in [-0.25, -0.2) is 14.8 Å². The molecule has 2 aromatic rings. The summed E-state index contributed by atoms with van der Waals surface area (Å²) in [5.74, 6) is -0.626. The molecule has 1 unspecified atom stereocenters. The molecule has 25 heavy (non-hydrogen) atoms. The highest BCUT2D eigenvalue weighted by molar-refractivity contribution is 7.09. The zero-order valence-corrected chi connectivity index (χ0v) is 15.1. The Morgan fingerprint density at radius 2 is 2.20 bits per heavy atom. The Kier molecular flexibility index (Phi) is 5.13. The molecule has 2 aromatic heterocycles. The van der Waals surface area contributed by atoms with E-state index in [2.05, 4.69) is 24.2 Å². The second-order valence-electron chi connectivity index (χ2n) is 6.59. The Morgan fingerprint density at radius 3 is 2.88 bits per heavy atom. The maximum atomic E-state index is 12.8. The number of thiazole rings is 1. The van der Waals surface area contributed by atoms with Crippen LogP contribution in [0.1, 0.15) is 70.1 Å². The number of carboxylic acids is 1. The van der Waals surface area contributed by atoms with Gasteiger partial charge >= 0.3 is 5.97 Å². The number of pyridine rings is 1. The molecule has 1 amide bonds. The number of rotatable bonds is 4. The van der Waals surface area contributed by atoms with E-state index in [0.717, 1.165) is 23.5 Å². The van der Waals surface area contributed by atoms with Gasteiger partial charge in [0.05, 0.1) is 10.7 Å². The summed E-state index contributed by atoms with van der Waals surface area (Å²) >= 11 is 1.66. The highest BCUT2D eigenvalue weighted by Gasteiger charge is 2.28. The summed E-state index contributed by atoms with van der Waals surface area (Å²) in [4.78, 5) is 34.1. The highest BCUT2D eigenvalue weighted by Crippen LogP contribution is 2.31. The van der Waals surface area contributed by atoms with Crippen LogP contribution >= 0.6 is 11.3 Å². The van der Waals surface area contributed by atoms with Gasteiger partial charge < -0.3 is 10.0 Å². The molecule has 3 heterocycles. The molecule has 0 spiro atoms. The first-order valence-corrected chi connectivity index (χ1v) is 9.27. The summed E-state index contributed by atoms with van der Waals surface area (Å²) in [6.07, 6.45) is 3.31. The monoisotopic (exact) mass is 359 g/mol. The Bertz CT molecular complexity index is 787. The summed E-state index contributed by atoms with van der Waals surface area (Å²) in [6, 6.07) is 2.91. The first-order chi connectivity index (χ1) is 12.0. The van der Waals surface area contributed by atoms with Gasteiger partial charge in [-0.05, 0) is 30.9 Å². The topological polar surface area (TPSA) is 83.4 Å². The molecule has 0 bridgehead atoms. The molecule has 0 radical (unpaired) electrons. The van der Waals surface area contributed by atoms with Gasteiger partial charge in [0.25, 0.3) is 5.91 Å². The third-order valence-corrected chi connectivity index (χ3v) is 5.44. The number of hydrogen-bond donors (Lipinski definition) is 1. The molecule has 7 heteroatoms. The second kappa shape index (κ2) is 7.31. The smallest absolute Gasteiger partial charge is 0.354 e. The molecule has 0 aliphatic carbocycles. The van der Waals surface area contributed by atoms with Crippen molar-refractivity contribution in [2.75, 3.05) is 13.1 Å². The van der Waals surface area contributed by atoms with Crippen LogP contribution in [0.3, 0.4) is 0 Å². The number of aromatic carboxylic acids is 1. The van der Waals surface area contributed by atoms with Crippen molar-refractivity contribution in [3.63, 3.8) is 0 Å². The summed E-state index contributed by atoms with van der Waals surface area (Å²) < 4.78 is 0. The molecule has 1 atom stereocenters. The standard InChI is InChI=1S/C18H21N3O3S/c1-11(2)15-10-25-16(20-15)13-4-3-7-21(9-13)17(22)12-5-6-19-14(8-12)18(23)24/h5-6,8,10-11,13H,3-4,7,9H2,1-2H3,(H,23,24). The van der Waals surface area contributed by atoms with Gasteiger partial charge in [0, 0.05) is 36.1 Å². The lowest BCUT2D eigenvalue weighted by molar-refractivity contribution is 0.0690. The fraction of sp³-hybridized carbons (Fsp3) is 0.444. The van der Waals surface area contributed by atoms with Crippen molar-refractivity contribution < 1.29 is 14.7 Å². The van der Waals surface area contributed by atoms with Gasteiger partial charge in [-0.1, -0.05) is 13.8 Å². The van der Waals surface area contributed by atoms with E-state index in [1.165, 1.54) is 12.3 Å². The van der Waals surface area contributed by atoms with E-state index < -0.39 is 5.97 Å². The number of carboxylic acid groups (broad SMARTS) is 1. The molecule has 3 rings (SSSR count). The zero-order chi connectivity index (χ0) is 18.0. The fourth-order valence-corrected chi connectivity index (χ4v) is 4.09. The van der Waals surface area contributed by atoms with Crippen LogP contribution in [0.4, 0.5) is 0 Å². The molecule has 1 fully saturated rings. The van der Waals surface area contributed by atoms with Crippen molar-refractivity contribution in [1.82, 2.24) is 14.9 Å². The largest absolute Gasteiger partial charge is 0.477 e. The number of aromatic nitrogens is 2. The van der Waals surface area contributed by atoms with Crippen molar-refractivity contribution >= 4 is 23.2 Å². The third-order valence-electron chi connectivity index (χ3n) is 4.42. The van der Waals surface area contributed by atoms with E-state index in [1.807, 2.05) is 0 Å². The minimum Gasteiger partial charge on any atom is -0.477 e. The Morgan fingerprint density at radius 1 is 1.40 bits per heavy atom. The molecule has 0 saturated carbocycles. The number of carbonyl (C=O) groups excluding carboxylic acids is 1. The van der Waals surface area contributed by atoms with Crippen LogP contribution in [0.5, 0.6) is 0 Å². The number of piperidine rings is 1. The van der Waals surface area contributed by atoms with E-state index in [1.54, 1.807) is 22.3 Å². The molecule has 0 aromatic carbocycles. The number of amides is 1. The van der Waals surface area contributed by atoms with E-state index in [0.29, 0.717) is 24.6 Å². The van der Waals surface area contributed by atoms with Gasteiger partial charge in [0.15, 0.2) is 0 Å².